The van der Waals surface area contributed by atoms with Crippen LogP contribution in [-0.2, 0) is 6.54 Å². The molecule has 20 heavy (non-hydrogen) atoms. The van der Waals surface area contributed by atoms with Crippen molar-refractivity contribution >= 4 is 5.69 Å². The maximum atomic E-state index is 14.2. The Morgan fingerprint density at radius 2 is 2.05 bits per heavy atom. The lowest BCUT2D eigenvalue weighted by molar-refractivity contribution is 0.583. The van der Waals surface area contributed by atoms with Gasteiger partial charge in [0.1, 0.15) is 5.82 Å². The summed E-state index contributed by atoms with van der Waals surface area (Å²) in [6.45, 7) is 3.94. The molecule has 2 aliphatic carbocycles. The number of hydrogen-bond acceptors (Lipinski definition) is 2. The summed E-state index contributed by atoms with van der Waals surface area (Å²) < 4.78 is 14.2. The number of hydrogen-bond donors (Lipinski definition) is 1. The fraction of sp³-hybridized carbons (Fsp3) is 0.647. The normalized spacial score (nSPS) is 18.3. The minimum atomic E-state index is -0.0576. The van der Waals surface area contributed by atoms with Crippen molar-refractivity contribution in [1.82, 2.24) is 5.32 Å². The minimum Gasteiger partial charge on any atom is -0.368 e. The van der Waals surface area contributed by atoms with Gasteiger partial charge in [-0.25, -0.2) is 4.39 Å². The predicted molar refractivity (Wildman–Crippen MR) is 81.5 cm³/mol. The maximum Gasteiger partial charge on any atom is 0.129 e. The van der Waals surface area contributed by atoms with Gasteiger partial charge in [-0.05, 0) is 44.2 Å². The molecule has 0 amide bonds. The van der Waals surface area contributed by atoms with Crippen LogP contribution in [0.1, 0.15) is 51.0 Å². The van der Waals surface area contributed by atoms with Gasteiger partial charge >= 0.3 is 0 Å². The van der Waals surface area contributed by atoms with E-state index in [1.807, 2.05) is 6.07 Å². The molecule has 3 rings (SSSR count). The van der Waals surface area contributed by atoms with Crippen molar-refractivity contribution in [2.24, 2.45) is 0 Å². The lowest BCUT2D eigenvalue weighted by Gasteiger charge is -2.27. The standard InChI is InChI=1S/C17H25FN2/c1-2-3-11-20(14-9-10-14)17-6-4-5-16(18)15(17)12-19-13-7-8-13/h4-6,13-14,19H,2-3,7-12H2,1H3. The Labute approximate surface area is 121 Å². The van der Waals surface area contributed by atoms with Gasteiger partial charge in [-0.2, -0.15) is 0 Å². The van der Waals surface area contributed by atoms with Crippen LogP contribution in [0.5, 0.6) is 0 Å². The number of halogens is 1. The average molecular weight is 276 g/mol. The van der Waals surface area contributed by atoms with E-state index in [9.17, 15) is 4.39 Å². The van der Waals surface area contributed by atoms with Crippen molar-refractivity contribution in [3.05, 3.63) is 29.6 Å². The molecule has 1 aromatic carbocycles. The number of unbranched alkanes of at least 4 members (excludes halogenated alkanes) is 1. The number of nitrogens with one attached hydrogen (secondary N) is 1. The van der Waals surface area contributed by atoms with Gasteiger partial charge < -0.3 is 10.2 Å². The molecule has 0 aliphatic heterocycles. The van der Waals surface area contributed by atoms with Gasteiger partial charge in [-0.1, -0.05) is 19.4 Å². The zero-order valence-electron chi connectivity index (χ0n) is 12.4. The van der Waals surface area contributed by atoms with E-state index in [2.05, 4.69) is 23.2 Å². The fourth-order valence-electron chi connectivity index (χ4n) is 2.74. The number of anilines is 1. The Hall–Kier alpha value is -1.09. The van der Waals surface area contributed by atoms with Gasteiger partial charge in [0.15, 0.2) is 0 Å². The minimum absolute atomic E-state index is 0.0576. The van der Waals surface area contributed by atoms with Crippen molar-refractivity contribution in [2.45, 2.75) is 64.1 Å². The lowest BCUT2D eigenvalue weighted by atomic mass is 10.1. The van der Waals surface area contributed by atoms with E-state index in [0.717, 1.165) is 17.8 Å². The Morgan fingerprint density at radius 1 is 1.25 bits per heavy atom. The third kappa shape index (κ3) is 3.32. The Kier molecular flexibility index (Phi) is 4.25. The summed E-state index contributed by atoms with van der Waals surface area (Å²) in [6.07, 6.45) is 7.38. The van der Waals surface area contributed by atoms with Crippen molar-refractivity contribution < 1.29 is 4.39 Å². The summed E-state index contributed by atoms with van der Waals surface area (Å²) in [5.74, 6) is -0.0576. The van der Waals surface area contributed by atoms with Gasteiger partial charge in [-0.3, -0.25) is 0 Å². The average Bonchev–Trinajstić information content (AvgIpc) is 3.32. The monoisotopic (exact) mass is 276 g/mol. The number of rotatable bonds is 8. The molecule has 0 radical (unpaired) electrons. The summed E-state index contributed by atoms with van der Waals surface area (Å²) in [5, 5.41) is 3.46. The van der Waals surface area contributed by atoms with E-state index in [1.165, 1.54) is 38.5 Å². The van der Waals surface area contributed by atoms with E-state index >= 15 is 0 Å². The number of nitrogens with zero attached hydrogens (tertiary/aromatic N) is 1. The summed E-state index contributed by atoms with van der Waals surface area (Å²) in [5.41, 5.74) is 1.98. The van der Waals surface area contributed by atoms with Crippen molar-refractivity contribution in [1.29, 1.82) is 0 Å². The lowest BCUT2D eigenvalue weighted by Crippen LogP contribution is -2.29. The van der Waals surface area contributed by atoms with E-state index in [4.69, 9.17) is 0 Å². The van der Waals surface area contributed by atoms with E-state index in [1.54, 1.807) is 6.07 Å². The van der Waals surface area contributed by atoms with Crippen LogP contribution in [0.2, 0.25) is 0 Å². The molecule has 2 nitrogen and oxygen atoms in total. The zero-order chi connectivity index (χ0) is 13.9. The molecule has 1 N–H and O–H groups in total. The number of benzene rings is 1. The van der Waals surface area contributed by atoms with Crippen LogP contribution in [-0.4, -0.2) is 18.6 Å². The van der Waals surface area contributed by atoms with Gasteiger partial charge in [0.25, 0.3) is 0 Å². The van der Waals surface area contributed by atoms with Gasteiger partial charge in [0, 0.05) is 36.4 Å². The first-order chi connectivity index (χ1) is 9.79. The van der Waals surface area contributed by atoms with Crippen LogP contribution in [0.4, 0.5) is 10.1 Å². The van der Waals surface area contributed by atoms with Crippen LogP contribution in [0.3, 0.4) is 0 Å². The summed E-state index contributed by atoms with van der Waals surface area (Å²) in [7, 11) is 0. The van der Waals surface area contributed by atoms with E-state index < -0.39 is 0 Å². The first kappa shape index (κ1) is 13.9. The van der Waals surface area contributed by atoms with Crippen LogP contribution in [0, 0.1) is 5.82 Å². The molecule has 0 aromatic heterocycles. The SMILES string of the molecule is CCCCN(c1cccc(F)c1CNC1CC1)C1CC1. The summed E-state index contributed by atoms with van der Waals surface area (Å²) in [6, 6.07) is 6.81. The molecular formula is C17H25FN2. The first-order valence-electron chi connectivity index (χ1n) is 8.07. The van der Waals surface area contributed by atoms with Gasteiger partial charge in [-0.15, -0.1) is 0 Å². The zero-order valence-corrected chi connectivity index (χ0v) is 12.4. The van der Waals surface area contributed by atoms with Gasteiger partial charge in [0.05, 0.1) is 0 Å². The second-order valence-electron chi connectivity index (χ2n) is 6.17. The molecule has 0 spiro atoms. The second kappa shape index (κ2) is 6.13. The quantitative estimate of drug-likeness (QED) is 0.776. The first-order valence-corrected chi connectivity index (χ1v) is 8.07. The summed E-state index contributed by atoms with van der Waals surface area (Å²) >= 11 is 0. The molecule has 2 aliphatic rings. The summed E-state index contributed by atoms with van der Waals surface area (Å²) in [4.78, 5) is 2.44. The van der Waals surface area contributed by atoms with Crippen LogP contribution in [0.15, 0.2) is 18.2 Å². The molecule has 110 valence electrons. The van der Waals surface area contributed by atoms with Crippen LogP contribution >= 0.6 is 0 Å². The van der Waals surface area contributed by atoms with Crippen molar-refractivity contribution in [2.75, 3.05) is 11.4 Å². The van der Waals surface area contributed by atoms with Crippen LogP contribution < -0.4 is 10.2 Å². The molecule has 2 fully saturated rings. The molecule has 3 heteroatoms. The smallest absolute Gasteiger partial charge is 0.129 e. The van der Waals surface area contributed by atoms with Crippen molar-refractivity contribution in [3.8, 4) is 0 Å². The largest absolute Gasteiger partial charge is 0.368 e. The maximum absolute atomic E-state index is 14.2. The van der Waals surface area contributed by atoms with Crippen molar-refractivity contribution in [3.63, 3.8) is 0 Å². The molecular weight excluding hydrogens is 251 g/mol. The third-order valence-electron chi connectivity index (χ3n) is 4.29. The van der Waals surface area contributed by atoms with Gasteiger partial charge in [0.2, 0.25) is 0 Å². The molecule has 0 unspecified atom stereocenters. The molecule has 2 saturated carbocycles. The Morgan fingerprint density at radius 3 is 2.70 bits per heavy atom. The molecule has 0 heterocycles. The molecule has 0 saturated heterocycles. The second-order valence-corrected chi connectivity index (χ2v) is 6.17. The fourth-order valence-corrected chi connectivity index (χ4v) is 2.74. The predicted octanol–water partition coefficient (Wildman–Crippen LogP) is 3.85. The topological polar surface area (TPSA) is 15.3 Å². The van der Waals surface area contributed by atoms with E-state index in [0.29, 0.717) is 18.6 Å². The third-order valence-corrected chi connectivity index (χ3v) is 4.29. The Balaban J connectivity index is 1.79. The highest BCUT2D eigenvalue weighted by molar-refractivity contribution is 5.56. The highest BCUT2D eigenvalue weighted by Gasteiger charge is 2.31. The molecule has 0 bridgehead atoms. The Bertz CT molecular complexity index is 452. The van der Waals surface area contributed by atoms with E-state index in [-0.39, 0.29) is 5.82 Å². The highest BCUT2D eigenvalue weighted by atomic mass is 19.1. The molecule has 0 atom stereocenters. The van der Waals surface area contributed by atoms with Crippen LogP contribution in [0.25, 0.3) is 0 Å². The highest BCUT2D eigenvalue weighted by Crippen LogP contribution is 2.35. The molecule has 1 aromatic rings.